The molecule has 3 heteroatoms. The largest absolute Gasteiger partial charge is 0.481 e. The van der Waals surface area contributed by atoms with Gasteiger partial charge in [0.25, 0.3) is 0 Å². The summed E-state index contributed by atoms with van der Waals surface area (Å²) in [6, 6.07) is 0. The lowest BCUT2D eigenvalue weighted by Gasteiger charge is -2.47. The number of hydrogen-bond acceptors (Lipinski definition) is 2. The summed E-state index contributed by atoms with van der Waals surface area (Å²) < 4.78 is 0. The average Bonchev–Trinajstić information content (AvgIpc) is 2.27. The highest BCUT2D eigenvalue weighted by Crippen LogP contribution is 2.46. The highest BCUT2D eigenvalue weighted by molar-refractivity contribution is 5.71. The molecule has 0 aliphatic heterocycles. The third-order valence-electron chi connectivity index (χ3n) is 4.84. The van der Waals surface area contributed by atoms with Crippen molar-refractivity contribution in [3.63, 3.8) is 0 Å². The van der Waals surface area contributed by atoms with Crippen molar-refractivity contribution in [1.82, 2.24) is 0 Å². The fourth-order valence-corrected chi connectivity index (χ4v) is 3.83. The molecule has 0 radical (unpaired) electrons. The van der Waals surface area contributed by atoms with Crippen LogP contribution in [-0.4, -0.2) is 21.8 Å². The van der Waals surface area contributed by atoms with Crippen molar-refractivity contribution in [2.45, 2.75) is 71.8 Å². The molecule has 0 bridgehead atoms. The smallest absolute Gasteiger partial charge is 0.309 e. The van der Waals surface area contributed by atoms with Gasteiger partial charge in [-0.15, -0.1) is 0 Å². The minimum atomic E-state index is -1.02. The van der Waals surface area contributed by atoms with Crippen LogP contribution in [0.4, 0.5) is 0 Å². The Bertz CT molecular complexity index is 300. The summed E-state index contributed by atoms with van der Waals surface area (Å²) in [6.45, 7) is 8.39. The Morgan fingerprint density at radius 3 is 2.47 bits per heavy atom. The maximum absolute atomic E-state index is 11.6. The first kappa shape index (κ1) is 16.5. The first-order chi connectivity index (χ1) is 8.82. The van der Waals surface area contributed by atoms with Gasteiger partial charge in [-0.2, -0.15) is 0 Å². The van der Waals surface area contributed by atoms with Gasteiger partial charge in [-0.25, -0.2) is 0 Å². The van der Waals surface area contributed by atoms with Gasteiger partial charge in [0, 0.05) is 0 Å². The topological polar surface area (TPSA) is 57.5 Å². The quantitative estimate of drug-likeness (QED) is 0.773. The molecule has 112 valence electrons. The summed E-state index contributed by atoms with van der Waals surface area (Å²) in [5.41, 5.74) is -1.02. The van der Waals surface area contributed by atoms with Gasteiger partial charge in [-0.05, 0) is 37.0 Å². The molecule has 0 amide bonds. The van der Waals surface area contributed by atoms with Crippen LogP contribution >= 0.6 is 0 Å². The molecule has 0 spiro atoms. The molecule has 0 aromatic carbocycles. The predicted molar refractivity (Wildman–Crippen MR) is 76.9 cm³/mol. The van der Waals surface area contributed by atoms with Gasteiger partial charge in [0.05, 0.1) is 11.5 Å². The molecule has 1 saturated carbocycles. The third kappa shape index (κ3) is 3.71. The molecular formula is C16H30O3. The SMILES string of the molecule is CCCCC(C(=O)O)C1(O)CC(C)CCC1C(C)C. The van der Waals surface area contributed by atoms with E-state index < -0.39 is 17.5 Å². The van der Waals surface area contributed by atoms with Gasteiger partial charge in [-0.1, -0.05) is 47.0 Å². The number of unbranched alkanes of at least 4 members (excludes halogenated alkanes) is 1. The van der Waals surface area contributed by atoms with Crippen LogP contribution in [0.15, 0.2) is 0 Å². The Hall–Kier alpha value is -0.570. The van der Waals surface area contributed by atoms with Crippen LogP contribution in [0.1, 0.15) is 66.2 Å². The van der Waals surface area contributed by atoms with Crippen LogP contribution in [-0.2, 0) is 4.79 Å². The van der Waals surface area contributed by atoms with Crippen LogP contribution in [0.2, 0.25) is 0 Å². The number of aliphatic carboxylic acids is 1. The van der Waals surface area contributed by atoms with Gasteiger partial charge < -0.3 is 10.2 Å². The maximum Gasteiger partial charge on any atom is 0.309 e. The van der Waals surface area contributed by atoms with Crippen LogP contribution in [0.5, 0.6) is 0 Å². The van der Waals surface area contributed by atoms with Gasteiger partial charge >= 0.3 is 5.97 Å². The number of carbonyl (C=O) groups is 1. The standard InChI is InChI=1S/C16H30O3/c1-5-6-7-14(15(17)18)16(19)10-12(4)8-9-13(16)11(2)3/h11-14,19H,5-10H2,1-4H3,(H,17,18). The second-order valence-electron chi connectivity index (χ2n) is 6.76. The number of aliphatic hydroxyl groups is 1. The molecule has 1 fully saturated rings. The number of carboxylic acid groups (broad SMARTS) is 1. The molecule has 1 aliphatic rings. The molecular weight excluding hydrogens is 240 g/mol. The van der Waals surface area contributed by atoms with E-state index in [1.807, 2.05) is 0 Å². The van der Waals surface area contributed by atoms with E-state index in [0.717, 1.165) is 25.7 Å². The summed E-state index contributed by atoms with van der Waals surface area (Å²) in [5.74, 6) is -0.565. The average molecular weight is 270 g/mol. The van der Waals surface area contributed by atoms with E-state index in [1.54, 1.807) is 0 Å². The Morgan fingerprint density at radius 2 is 2.00 bits per heavy atom. The highest BCUT2D eigenvalue weighted by atomic mass is 16.4. The van der Waals surface area contributed by atoms with E-state index in [9.17, 15) is 15.0 Å². The van der Waals surface area contributed by atoms with Crippen LogP contribution in [0.25, 0.3) is 0 Å². The first-order valence-electron chi connectivity index (χ1n) is 7.78. The summed E-state index contributed by atoms with van der Waals surface area (Å²) in [6.07, 6.45) is 5.13. The fourth-order valence-electron chi connectivity index (χ4n) is 3.83. The minimum absolute atomic E-state index is 0.113. The van der Waals surface area contributed by atoms with Crippen molar-refractivity contribution in [1.29, 1.82) is 0 Å². The third-order valence-corrected chi connectivity index (χ3v) is 4.84. The van der Waals surface area contributed by atoms with Crippen LogP contribution in [0.3, 0.4) is 0 Å². The van der Waals surface area contributed by atoms with E-state index in [-0.39, 0.29) is 5.92 Å². The lowest BCUT2D eigenvalue weighted by Crippen LogP contribution is -2.53. The zero-order chi connectivity index (χ0) is 14.6. The monoisotopic (exact) mass is 270 g/mol. The van der Waals surface area contributed by atoms with Gasteiger partial charge in [0.1, 0.15) is 0 Å². The zero-order valence-electron chi connectivity index (χ0n) is 12.9. The van der Waals surface area contributed by atoms with Crippen molar-refractivity contribution in [2.75, 3.05) is 0 Å². The Morgan fingerprint density at radius 1 is 1.37 bits per heavy atom. The fraction of sp³-hybridized carbons (Fsp3) is 0.938. The zero-order valence-corrected chi connectivity index (χ0v) is 12.9. The number of carboxylic acids is 1. The van der Waals surface area contributed by atoms with Crippen molar-refractivity contribution in [2.24, 2.45) is 23.7 Å². The summed E-state index contributed by atoms with van der Waals surface area (Å²) in [5, 5.41) is 20.7. The van der Waals surface area contributed by atoms with E-state index in [4.69, 9.17) is 0 Å². The molecule has 1 aliphatic carbocycles. The second-order valence-corrected chi connectivity index (χ2v) is 6.76. The van der Waals surface area contributed by atoms with E-state index >= 15 is 0 Å². The summed E-state index contributed by atoms with van der Waals surface area (Å²) in [4.78, 5) is 11.6. The molecule has 0 aromatic heterocycles. The molecule has 4 atom stereocenters. The van der Waals surface area contributed by atoms with E-state index in [0.29, 0.717) is 24.7 Å². The van der Waals surface area contributed by atoms with Crippen molar-refractivity contribution in [3.8, 4) is 0 Å². The predicted octanol–water partition coefficient (Wildman–Crippen LogP) is 3.70. The minimum Gasteiger partial charge on any atom is -0.481 e. The first-order valence-corrected chi connectivity index (χ1v) is 7.78. The normalized spacial score (nSPS) is 33.4. The van der Waals surface area contributed by atoms with Gasteiger partial charge in [-0.3, -0.25) is 4.79 Å². The van der Waals surface area contributed by atoms with Crippen LogP contribution in [0, 0.1) is 23.7 Å². The second kappa shape index (κ2) is 6.74. The summed E-state index contributed by atoms with van der Waals surface area (Å²) >= 11 is 0. The van der Waals surface area contributed by atoms with E-state index in [2.05, 4.69) is 27.7 Å². The molecule has 4 unspecified atom stereocenters. The molecule has 1 rings (SSSR count). The lowest BCUT2D eigenvalue weighted by molar-refractivity contribution is -0.168. The molecule has 0 aromatic rings. The van der Waals surface area contributed by atoms with Crippen molar-refractivity contribution >= 4 is 5.97 Å². The maximum atomic E-state index is 11.6. The van der Waals surface area contributed by atoms with Gasteiger partial charge in [0.15, 0.2) is 0 Å². The van der Waals surface area contributed by atoms with Crippen molar-refractivity contribution in [3.05, 3.63) is 0 Å². The lowest BCUT2D eigenvalue weighted by atomic mass is 9.61. The summed E-state index contributed by atoms with van der Waals surface area (Å²) in [7, 11) is 0. The molecule has 2 N–H and O–H groups in total. The molecule has 0 heterocycles. The number of rotatable bonds is 6. The highest BCUT2D eigenvalue weighted by Gasteiger charge is 2.50. The molecule has 0 saturated heterocycles. The van der Waals surface area contributed by atoms with Gasteiger partial charge in [0.2, 0.25) is 0 Å². The molecule has 3 nitrogen and oxygen atoms in total. The van der Waals surface area contributed by atoms with E-state index in [1.165, 1.54) is 0 Å². The Labute approximate surface area is 117 Å². The Balaban J connectivity index is 2.99. The van der Waals surface area contributed by atoms with Crippen LogP contribution < -0.4 is 0 Å². The Kier molecular flexibility index (Phi) is 5.84. The number of hydrogen-bond donors (Lipinski definition) is 2. The molecule has 19 heavy (non-hydrogen) atoms. The van der Waals surface area contributed by atoms with Crippen molar-refractivity contribution < 1.29 is 15.0 Å².